The minimum atomic E-state index is -4.10. The fourth-order valence-electron chi connectivity index (χ4n) is 3.12. The fourth-order valence-corrected chi connectivity index (χ4v) is 5.06. The van der Waals surface area contributed by atoms with Crippen molar-refractivity contribution in [2.45, 2.75) is 17.7 Å². The molecule has 2 aromatic carbocycles. The summed E-state index contributed by atoms with van der Waals surface area (Å²) in [5.41, 5.74) is 0.538. The van der Waals surface area contributed by atoms with Gasteiger partial charge in [0.25, 0.3) is 15.9 Å². The SMILES string of the molecule is C=CCN(c1ccc(F)cc1)S(=O)(=O)c1cc(C(=O)N2CCCC2)ccc1Cl. The van der Waals surface area contributed by atoms with E-state index >= 15 is 0 Å². The number of rotatable bonds is 6. The van der Waals surface area contributed by atoms with Gasteiger partial charge in [-0.15, -0.1) is 6.58 Å². The molecule has 1 amide bonds. The Kier molecular flexibility index (Phi) is 6.05. The number of halogens is 2. The number of likely N-dealkylation sites (tertiary alicyclic amines) is 1. The van der Waals surface area contributed by atoms with E-state index in [-0.39, 0.29) is 33.6 Å². The first-order valence-corrected chi connectivity index (χ1v) is 10.6. The van der Waals surface area contributed by atoms with Gasteiger partial charge in [0.1, 0.15) is 10.7 Å². The van der Waals surface area contributed by atoms with Crippen LogP contribution in [0.15, 0.2) is 60.0 Å². The quantitative estimate of drug-likeness (QED) is 0.658. The molecule has 0 spiro atoms. The summed E-state index contributed by atoms with van der Waals surface area (Å²) in [4.78, 5) is 14.2. The van der Waals surface area contributed by atoms with Crippen molar-refractivity contribution in [1.82, 2.24) is 4.90 Å². The number of carbonyl (C=O) groups excluding carboxylic acids is 1. The summed E-state index contributed by atoms with van der Waals surface area (Å²) in [5.74, 6) is -0.696. The third-order valence-electron chi connectivity index (χ3n) is 4.55. The Bertz CT molecular complexity index is 987. The molecule has 8 heteroatoms. The van der Waals surface area contributed by atoms with Crippen molar-refractivity contribution in [3.05, 3.63) is 71.5 Å². The molecule has 5 nitrogen and oxygen atoms in total. The van der Waals surface area contributed by atoms with Crippen LogP contribution in [0.1, 0.15) is 23.2 Å². The summed E-state index contributed by atoms with van der Waals surface area (Å²) in [5, 5.41) is 0.00847. The van der Waals surface area contributed by atoms with Gasteiger partial charge in [0.15, 0.2) is 0 Å². The predicted octanol–water partition coefficient (Wildman–Crippen LogP) is 4.10. The van der Waals surface area contributed by atoms with Crippen LogP contribution in [0.5, 0.6) is 0 Å². The standard InChI is InChI=1S/C20H20ClFN2O3S/c1-2-11-24(17-8-6-16(22)7-9-17)28(26,27)19-14-15(5-10-18(19)21)20(25)23-12-3-4-13-23/h2,5-10,14H,1,3-4,11-13H2. The van der Waals surface area contributed by atoms with Gasteiger partial charge in [-0.25, -0.2) is 12.8 Å². The van der Waals surface area contributed by atoms with Crippen molar-refractivity contribution in [2.24, 2.45) is 0 Å². The first-order valence-electron chi connectivity index (χ1n) is 8.82. The van der Waals surface area contributed by atoms with E-state index in [0.717, 1.165) is 17.1 Å². The number of amides is 1. The lowest BCUT2D eigenvalue weighted by Gasteiger charge is -2.24. The van der Waals surface area contributed by atoms with Crippen LogP contribution >= 0.6 is 11.6 Å². The molecule has 0 N–H and O–H groups in total. The first-order chi connectivity index (χ1) is 13.3. The molecule has 3 rings (SSSR count). The van der Waals surface area contributed by atoms with Crippen LogP contribution in [0.4, 0.5) is 10.1 Å². The van der Waals surface area contributed by atoms with Gasteiger partial charge in [-0.2, -0.15) is 0 Å². The second kappa shape index (κ2) is 8.32. The van der Waals surface area contributed by atoms with Gasteiger partial charge in [-0.3, -0.25) is 9.10 Å². The molecule has 0 saturated carbocycles. The van der Waals surface area contributed by atoms with Crippen LogP contribution in [-0.4, -0.2) is 38.9 Å². The smallest absolute Gasteiger partial charge is 0.266 e. The topological polar surface area (TPSA) is 57.7 Å². The van der Waals surface area contributed by atoms with Crippen molar-refractivity contribution in [1.29, 1.82) is 0 Å². The molecule has 1 aliphatic rings. The van der Waals surface area contributed by atoms with E-state index in [1.54, 1.807) is 4.90 Å². The Balaban J connectivity index is 2.03. The maximum atomic E-state index is 13.3. The minimum Gasteiger partial charge on any atom is -0.339 e. The maximum absolute atomic E-state index is 13.3. The molecular formula is C20H20ClFN2O3S. The normalized spacial score (nSPS) is 14.1. The van der Waals surface area contributed by atoms with Crippen molar-refractivity contribution in [3.63, 3.8) is 0 Å². The predicted molar refractivity (Wildman–Crippen MR) is 108 cm³/mol. The number of hydrogen-bond donors (Lipinski definition) is 0. The molecule has 0 aliphatic carbocycles. The van der Waals surface area contributed by atoms with Crippen LogP contribution in [0.3, 0.4) is 0 Å². The Hall–Kier alpha value is -2.38. The maximum Gasteiger partial charge on any atom is 0.266 e. The van der Waals surface area contributed by atoms with Crippen molar-refractivity contribution < 1.29 is 17.6 Å². The lowest BCUT2D eigenvalue weighted by atomic mass is 10.2. The van der Waals surface area contributed by atoms with E-state index in [0.29, 0.717) is 13.1 Å². The van der Waals surface area contributed by atoms with Gasteiger partial charge >= 0.3 is 0 Å². The number of hydrogen-bond acceptors (Lipinski definition) is 3. The van der Waals surface area contributed by atoms with Gasteiger partial charge in [0, 0.05) is 18.7 Å². The van der Waals surface area contributed by atoms with Gasteiger partial charge in [-0.1, -0.05) is 17.7 Å². The lowest BCUT2D eigenvalue weighted by molar-refractivity contribution is 0.0792. The van der Waals surface area contributed by atoms with Crippen molar-refractivity contribution in [3.8, 4) is 0 Å². The molecule has 0 radical (unpaired) electrons. The molecule has 0 unspecified atom stereocenters. The Morgan fingerprint density at radius 2 is 1.82 bits per heavy atom. The second-order valence-electron chi connectivity index (χ2n) is 6.45. The average molecular weight is 423 g/mol. The van der Waals surface area contributed by atoms with E-state index in [1.807, 2.05) is 0 Å². The monoisotopic (exact) mass is 422 g/mol. The second-order valence-corrected chi connectivity index (χ2v) is 8.68. The van der Waals surface area contributed by atoms with Crippen molar-refractivity contribution >= 4 is 33.2 Å². The third-order valence-corrected chi connectivity index (χ3v) is 6.82. The van der Waals surface area contributed by atoms with E-state index in [4.69, 9.17) is 11.6 Å². The number of carbonyl (C=O) groups is 1. The highest BCUT2D eigenvalue weighted by Crippen LogP contribution is 2.30. The van der Waals surface area contributed by atoms with Gasteiger partial charge < -0.3 is 4.90 Å². The Morgan fingerprint density at radius 3 is 2.43 bits per heavy atom. The van der Waals surface area contributed by atoms with Crippen LogP contribution in [0, 0.1) is 5.82 Å². The Labute approximate surface area is 169 Å². The summed E-state index contributed by atoms with van der Waals surface area (Å²) in [6.07, 6.45) is 3.29. The fraction of sp³-hybridized carbons (Fsp3) is 0.250. The average Bonchev–Trinajstić information content (AvgIpc) is 3.21. The lowest BCUT2D eigenvalue weighted by Crippen LogP contribution is -2.32. The van der Waals surface area contributed by atoms with Gasteiger partial charge in [0.05, 0.1) is 17.3 Å². The zero-order valence-electron chi connectivity index (χ0n) is 15.1. The molecule has 1 heterocycles. The van der Waals surface area contributed by atoms with Crippen LogP contribution in [-0.2, 0) is 10.0 Å². The summed E-state index contributed by atoms with van der Waals surface area (Å²) < 4.78 is 40.9. The molecule has 1 aliphatic heterocycles. The van der Waals surface area contributed by atoms with Crippen LogP contribution in [0.25, 0.3) is 0 Å². The Morgan fingerprint density at radius 1 is 1.18 bits per heavy atom. The molecule has 0 aromatic heterocycles. The van der Waals surface area contributed by atoms with E-state index in [9.17, 15) is 17.6 Å². The largest absolute Gasteiger partial charge is 0.339 e. The molecular weight excluding hydrogens is 403 g/mol. The number of sulfonamides is 1. The zero-order valence-corrected chi connectivity index (χ0v) is 16.7. The van der Waals surface area contributed by atoms with E-state index in [2.05, 4.69) is 6.58 Å². The molecule has 0 atom stereocenters. The van der Waals surface area contributed by atoms with Gasteiger partial charge in [-0.05, 0) is 55.3 Å². The first kappa shape index (κ1) is 20.4. The number of anilines is 1. The van der Waals surface area contributed by atoms with Crippen LogP contribution in [0.2, 0.25) is 5.02 Å². The van der Waals surface area contributed by atoms with Crippen LogP contribution < -0.4 is 4.31 Å². The zero-order chi connectivity index (χ0) is 20.3. The van der Waals surface area contributed by atoms with E-state index in [1.165, 1.54) is 48.5 Å². The summed E-state index contributed by atoms with van der Waals surface area (Å²) in [6.45, 7) is 4.87. The number of nitrogens with zero attached hydrogens (tertiary/aromatic N) is 2. The third kappa shape index (κ3) is 4.05. The van der Waals surface area contributed by atoms with E-state index < -0.39 is 15.8 Å². The highest BCUT2D eigenvalue weighted by atomic mass is 35.5. The minimum absolute atomic E-state index is 0.00847. The summed E-state index contributed by atoms with van der Waals surface area (Å²) >= 11 is 6.19. The summed E-state index contributed by atoms with van der Waals surface area (Å²) in [7, 11) is -4.10. The molecule has 0 bridgehead atoms. The molecule has 28 heavy (non-hydrogen) atoms. The number of benzene rings is 2. The molecule has 148 valence electrons. The molecule has 2 aromatic rings. The molecule has 1 saturated heterocycles. The van der Waals surface area contributed by atoms with Gasteiger partial charge in [0.2, 0.25) is 0 Å². The molecule has 1 fully saturated rings. The highest BCUT2D eigenvalue weighted by molar-refractivity contribution is 7.93. The summed E-state index contributed by atoms with van der Waals surface area (Å²) in [6, 6.07) is 9.32. The highest BCUT2D eigenvalue weighted by Gasteiger charge is 2.29. The van der Waals surface area contributed by atoms with Crippen molar-refractivity contribution in [2.75, 3.05) is 23.9 Å².